The van der Waals surface area contributed by atoms with Gasteiger partial charge in [0.25, 0.3) is 5.91 Å². The topological polar surface area (TPSA) is 49.4 Å². The van der Waals surface area contributed by atoms with Crippen molar-refractivity contribution in [2.75, 3.05) is 19.6 Å². The monoisotopic (exact) mass is 418 g/mol. The van der Waals surface area contributed by atoms with Crippen LogP contribution in [0.4, 0.5) is 0 Å². The lowest BCUT2D eigenvalue weighted by molar-refractivity contribution is 0.0954. The van der Waals surface area contributed by atoms with Crippen molar-refractivity contribution in [3.8, 4) is 10.4 Å². The minimum absolute atomic E-state index is 0.0630. The van der Waals surface area contributed by atoms with Crippen LogP contribution in [0.1, 0.15) is 44.0 Å². The Kier molecular flexibility index (Phi) is 6.72. The van der Waals surface area contributed by atoms with E-state index in [9.17, 15) is 9.59 Å². The molecule has 1 aliphatic rings. The zero-order valence-corrected chi connectivity index (χ0v) is 17.8. The van der Waals surface area contributed by atoms with Gasteiger partial charge in [0, 0.05) is 23.5 Å². The lowest BCUT2D eigenvalue weighted by atomic mass is 10.1. The van der Waals surface area contributed by atoms with Gasteiger partial charge in [-0.3, -0.25) is 14.5 Å². The Hall–Kier alpha value is -2.76. The van der Waals surface area contributed by atoms with Gasteiger partial charge in [-0.05, 0) is 73.3 Å². The van der Waals surface area contributed by atoms with E-state index < -0.39 is 0 Å². The van der Waals surface area contributed by atoms with E-state index in [1.807, 2.05) is 36.4 Å². The number of nitrogens with zero attached hydrogens (tertiary/aromatic N) is 1. The van der Waals surface area contributed by atoms with Crippen LogP contribution in [-0.4, -0.2) is 36.7 Å². The fourth-order valence-electron chi connectivity index (χ4n) is 3.79. The third kappa shape index (κ3) is 5.23. The zero-order valence-electron chi connectivity index (χ0n) is 17.0. The largest absolute Gasteiger partial charge is 0.352 e. The van der Waals surface area contributed by atoms with Gasteiger partial charge < -0.3 is 5.32 Å². The molecule has 1 aromatic heterocycles. The van der Waals surface area contributed by atoms with Crippen LogP contribution < -0.4 is 5.32 Å². The molecule has 1 N–H and O–H groups in total. The van der Waals surface area contributed by atoms with Gasteiger partial charge in [-0.1, -0.05) is 36.4 Å². The molecule has 1 aliphatic heterocycles. The first-order valence-electron chi connectivity index (χ1n) is 10.4. The molecular formula is C25H26N2O2S. The number of benzene rings is 2. The molecule has 1 saturated heterocycles. The molecule has 1 fully saturated rings. The Balaban J connectivity index is 1.25. The summed E-state index contributed by atoms with van der Waals surface area (Å²) >= 11 is 1.45. The summed E-state index contributed by atoms with van der Waals surface area (Å²) in [5.41, 5.74) is 4.25. The van der Waals surface area contributed by atoms with Crippen molar-refractivity contribution in [3.05, 3.63) is 82.2 Å². The molecule has 0 atom stereocenters. The van der Waals surface area contributed by atoms with E-state index >= 15 is 0 Å². The first-order chi connectivity index (χ1) is 14.7. The van der Waals surface area contributed by atoms with Gasteiger partial charge in [0.2, 0.25) is 0 Å². The standard InChI is InChI=1S/C25H26N2O2S/c28-18-23-11-12-24(30-23)21-7-9-22(10-8-21)25(29)26-14-13-19-3-5-20(6-4-19)17-27-15-1-2-16-27/h3-12,18H,1-2,13-17H2,(H,26,29). The first-order valence-corrected chi connectivity index (χ1v) is 11.3. The number of thiophene rings is 1. The van der Waals surface area contributed by atoms with E-state index in [1.54, 1.807) is 0 Å². The van der Waals surface area contributed by atoms with Gasteiger partial charge in [-0.15, -0.1) is 11.3 Å². The fourth-order valence-corrected chi connectivity index (χ4v) is 4.62. The van der Waals surface area contributed by atoms with Crippen molar-refractivity contribution in [2.24, 2.45) is 0 Å². The third-order valence-electron chi connectivity index (χ3n) is 5.50. The molecule has 2 heterocycles. The molecule has 3 aromatic rings. The predicted molar refractivity (Wildman–Crippen MR) is 122 cm³/mol. The summed E-state index contributed by atoms with van der Waals surface area (Å²) in [7, 11) is 0. The zero-order chi connectivity index (χ0) is 20.8. The van der Waals surface area contributed by atoms with E-state index in [1.165, 1.54) is 48.4 Å². The van der Waals surface area contributed by atoms with Crippen LogP contribution in [0.25, 0.3) is 10.4 Å². The number of rotatable bonds is 8. The summed E-state index contributed by atoms with van der Waals surface area (Å²) in [5, 5.41) is 3.00. The van der Waals surface area contributed by atoms with Crippen LogP contribution in [0.5, 0.6) is 0 Å². The van der Waals surface area contributed by atoms with Gasteiger partial charge in [0.15, 0.2) is 6.29 Å². The maximum atomic E-state index is 12.4. The lowest BCUT2D eigenvalue weighted by Gasteiger charge is -2.14. The van der Waals surface area contributed by atoms with Crippen molar-refractivity contribution in [1.82, 2.24) is 10.2 Å². The molecule has 5 heteroatoms. The quantitative estimate of drug-likeness (QED) is 0.535. The maximum absolute atomic E-state index is 12.4. The third-order valence-corrected chi connectivity index (χ3v) is 6.56. The molecule has 0 aliphatic carbocycles. The summed E-state index contributed by atoms with van der Waals surface area (Å²) < 4.78 is 0. The van der Waals surface area contributed by atoms with Gasteiger partial charge in [0.05, 0.1) is 4.88 Å². The van der Waals surface area contributed by atoms with E-state index in [-0.39, 0.29) is 5.91 Å². The van der Waals surface area contributed by atoms with E-state index in [4.69, 9.17) is 0 Å². The van der Waals surface area contributed by atoms with Gasteiger partial charge in [-0.25, -0.2) is 0 Å². The minimum Gasteiger partial charge on any atom is -0.352 e. The summed E-state index contributed by atoms with van der Waals surface area (Å²) in [6.07, 6.45) is 4.31. The fraction of sp³-hybridized carbons (Fsp3) is 0.280. The molecular weight excluding hydrogens is 392 g/mol. The predicted octanol–water partition coefficient (Wildman–Crippen LogP) is 4.80. The van der Waals surface area contributed by atoms with Crippen molar-refractivity contribution in [3.63, 3.8) is 0 Å². The van der Waals surface area contributed by atoms with Gasteiger partial charge in [0.1, 0.15) is 0 Å². The van der Waals surface area contributed by atoms with E-state index in [0.29, 0.717) is 17.0 Å². The Bertz CT molecular complexity index is 987. The van der Waals surface area contributed by atoms with Crippen molar-refractivity contribution >= 4 is 23.5 Å². The molecule has 0 bridgehead atoms. The van der Waals surface area contributed by atoms with Crippen LogP contribution in [0.3, 0.4) is 0 Å². The SMILES string of the molecule is O=Cc1ccc(-c2ccc(C(=O)NCCc3ccc(CN4CCCC4)cc3)cc2)s1. The first kappa shape index (κ1) is 20.5. The minimum atomic E-state index is -0.0630. The number of aldehydes is 1. The normalized spacial score (nSPS) is 14.0. The number of nitrogens with one attached hydrogen (secondary N) is 1. The van der Waals surface area contributed by atoms with Gasteiger partial charge in [-0.2, -0.15) is 0 Å². The molecule has 0 radical (unpaired) electrons. The Morgan fingerprint density at radius 1 is 0.933 bits per heavy atom. The lowest BCUT2D eigenvalue weighted by Crippen LogP contribution is -2.25. The summed E-state index contributed by atoms with van der Waals surface area (Å²) in [6, 6.07) is 20.0. The highest BCUT2D eigenvalue weighted by Gasteiger charge is 2.11. The van der Waals surface area contributed by atoms with E-state index in [2.05, 4.69) is 34.5 Å². The van der Waals surface area contributed by atoms with E-state index in [0.717, 1.165) is 29.7 Å². The average molecular weight is 419 g/mol. The average Bonchev–Trinajstić information content (AvgIpc) is 3.47. The highest BCUT2D eigenvalue weighted by Crippen LogP contribution is 2.27. The highest BCUT2D eigenvalue weighted by atomic mass is 32.1. The number of carbonyl (C=O) groups excluding carboxylic acids is 2. The number of likely N-dealkylation sites (tertiary alicyclic amines) is 1. The van der Waals surface area contributed by atoms with Crippen LogP contribution in [0.2, 0.25) is 0 Å². The summed E-state index contributed by atoms with van der Waals surface area (Å²) in [6.45, 7) is 4.07. The molecule has 4 nitrogen and oxygen atoms in total. The highest BCUT2D eigenvalue weighted by molar-refractivity contribution is 7.17. The van der Waals surface area contributed by atoms with Crippen LogP contribution in [-0.2, 0) is 13.0 Å². The summed E-state index contributed by atoms with van der Waals surface area (Å²) in [4.78, 5) is 27.5. The second-order valence-electron chi connectivity index (χ2n) is 7.70. The molecule has 1 amide bonds. The van der Waals surface area contributed by atoms with Crippen molar-refractivity contribution < 1.29 is 9.59 Å². The van der Waals surface area contributed by atoms with Gasteiger partial charge >= 0.3 is 0 Å². The number of amides is 1. The molecule has 0 saturated carbocycles. The molecule has 0 spiro atoms. The Morgan fingerprint density at radius 2 is 1.63 bits per heavy atom. The Morgan fingerprint density at radius 3 is 2.30 bits per heavy atom. The maximum Gasteiger partial charge on any atom is 0.251 e. The molecule has 0 unspecified atom stereocenters. The van der Waals surface area contributed by atoms with Crippen LogP contribution in [0, 0.1) is 0 Å². The Labute approximate surface area is 181 Å². The summed E-state index contributed by atoms with van der Waals surface area (Å²) in [5.74, 6) is -0.0630. The smallest absolute Gasteiger partial charge is 0.251 e. The van der Waals surface area contributed by atoms with Crippen LogP contribution in [0.15, 0.2) is 60.7 Å². The number of carbonyl (C=O) groups is 2. The van der Waals surface area contributed by atoms with Crippen molar-refractivity contribution in [2.45, 2.75) is 25.8 Å². The molecule has 4 rings (SSSR count). The van der Waals surface area contributed by atoms with Crippen molar-refractivity contribution in [1.29, 1.82) is 0 Å². The van der Waals surface area contributed by atoms with Crippen LogP contribution >= 0.6 is 11.3 Å². The second-order valence-corrected chi connectivity index (χ2v) is 8.82. The molecule has 30 heavy (non-hydrogen) atoms. The molecule has 2 aromatic carbocycles. The number of hydrogen-bond acceptors (Lipinski definition) is 4. The number of hydrogen-bond donors (Lipinski definition) is 1. The molecule has 154 valence electrons. The second kappa shape index (κ2) is 9.83.